The van der Waals surface area contributed by atoms with Crippen molar-refractivity contribution in [2.75, 3.05) is 5.32 Å². The fourth-order valence-corrected chi connectivity index (χ4v) is 3.21. The molecule has 3 N–H and O–H groups in total. The lowest BCUT2D eigenvalue weighted by atomic mass is 10.2. The van der Waals surface area contributed by atoms with Crippen LogP contribution in [0.15, 0.2) is 52.6 Å². The van der Waals surface area contributed by atoms with Crippen LogP contribution in [-0.2, 0) is 10.0 Å². The van der Waals surface area contributed by atoms with Gasteiger partial charge in [0.15, 0.2) is 6.19 Å². The Hall–Kier alpha value is -3.12. The predicted molar refractivity (Wildman–Crippen MR) is 100 cm³/mol. The van der Waals surface area contributed by atoms with E-state index < -0.39 is 10.0 Å². The monoisotopic (exact) mass is 372 g/mol. The highest BCUT2D eigenvalue weighted by molar-refractivity contribution is 7.90. The van der Waals surface area contributed by atoms with Crippen LogP contribution in [0.25, 0.3) is 0 Å². The lowest BCUT2D eigenvalue weighted by Crippen LogP contribution is -2.39. The van der Waals surface area contributed by atoms with Gasteiger partial charge in [0.2, 0.25) is 5.96 Å². The number of sulfonamides is 1. The molecule has 0 saturated carbocycles. The lowest BCUT2D eigenvalue weighted by molar-refractivity contribution is 0.591. The summed E-state index contributed by atoms with van der Waals surface area (Å²) in [4.78, 5) is 7.91. The van der Waals surface area contributed by atoms with Crippen molar-refractivity contribution in [3.63, 3.8) is 0 Å². The van der Waals surface area contributed by atoms with Gasteiger partial charge in [-0.3, -0.25) is 10.3 Å². The molecule has 8 nitrogen and oxygen atoms in total. The molecule has 0 atom stereocenters. The molecule has 0 amide bonds. The summed E-state index contributed by atoms with van der Waals surface area (Å²) in [6.07, 6.45) is 4.40. The van der Waals surface area contributed by atoms with Crippen LogP contribution in [0.4, 0.5) is 11.4 Å². The third-order valence-corrected chi connectivity index (χ3v) is 4.65. The summed E-state index contributed by atoms with van der Waals surface area (Å²) in [7, 11) is -4.01. The molecular weight excluding hydrogens is 352 g/mol. The van der Waals surface area contributed by atoms with E-state index in [1.807, 2.05) is 31.2 Å². The van der Waals surface area contributed by atoms with E-state index in [1.54, 1.807) is 26.1 Å². The Labute approximate surface area is 153 Å². The summed E-state index contributed by atoms with van der Waals surface area (Å²) in [5.74, 6) is -0.145. The van der Waals surface area contributed by atoms with Crippen LogP contribution >= 0.6 is 0 Å². The summed E-state index contributed by atoms with van der Waals surface area (Å²) in [5, 5.41) is 14.1. The van der Waals surface area contributed by atoms with Crippen molar-refractivity contribution in [3.05, 3.63) is 48.3 Å². The van der Waals surface area contributed by atoms with Gasteiger partial charge >= 0.3 is 0 Å². The zero-order valence-corrected chi connectivity index (χ0v) is 15.5. The van der Waals surface area contributed by atoms with Crippen LogP contribution in [0.2, 0.25) is 0 Å². The Kier molecular flexibility index (Phi) is 6.14. The first-order chi connectivity index (χ1) is 12.3. The Morgan fingerprint density at radius 1 is 1.23 bits per heavy atom. The number of aryl methyl sites for hydroxylation is 1. The lowest BCUT2D eigenvalue weighted by Gasteiger charge is -2.15. The van der Waals surface area contributed by atoms with Crippen molar-refractivity contribution in [1.29, 1.82) is 5.26 Å². The predicted octanol–water partition coefficient (Wildman–Crippen LogP) is 2.25. The molecule has 0 aliphatic carbocycles. The summed E-state index contributed by atoms with van der Waals surface area (Å²) in [6.45, 7) is 5.45. The minimum Gasteiger partial charge on any atom is -0.354 e. The summed E-state index contributed by atoms with van der Waals surface area (Å²) >= 11 is 0. The van der Waals surface area contributed by atoms with Crippen LogP contribution in [0.1, 0.15) is 19.4 Å². The topological polar surface area (TPSA) is 119 Å². The van der Waals surface area contributed by atoms with Crippen molar-refractivity contribution < 1.29 is 8.42 Å². The maximum Gasteiger partial charge on any atom is 0.267 e. The van der Waals surface area contributed by atoms with Gasteiger partial charge < -0.3 is 5.32 Å². The number of hydrogen-bond donors (Lipinski definition) is 3. The van der Waals surface area contributed by atoms with Gasteiger partial charge in [0.1, 0.15) is 4.90 Å². The number of para-hydroxylation sites is 1. The fourth-order valence-electron chi connectivity index (χ4n) is 2.13. The van der Waals surface area contributed by atoms with E-state index in [0.717, 1.165) is 11.3 Å². The fraction of sp³-hybridized carbons (Fsp3) is 0.235. The Bertz CT molecular complexity index is 948. The SMILES string of the molecule is Cc1ccccc1Nc1ccncc1S(=O)(=O)NC(=NC(C)C)NC#N. The molecule has 136 valence electrons. The van der Waals surface area contributed by atoms with Crippen LogP contribution < -0.4 is 15.4 Å². The van der Waals surface area contributed by atoms with Gasteiger partial charge in [-0.05, 0) is 38.5 Å². The maximum absolute atomic E-state index is 12.8. The molecule has 1 heterocycles. The average Bonchev–Trinajstić information content (AvgIpc) is 2.56. The third-order valence-electron chi connectivity index (χ3n) is 3.28. The minimum absolute atomic E-state index is 0.0561. The van der Waals surface area contributed by atoms with Gasteiger partial charge in [-0.15, -0.1) is 0 Å². The number of nitrogens with zero attached hydrogens (tertiary/aromatic N) is 3. The standard InChI is InChI=1S/C17H20N6O2S/c1-12(2)21-17(20-11-18)23-26(24,25)16-10-19-9-8-15(16)22-14-7-5-4-6-13(14)3/h4-10,12H,1-3H3,(H,19,22)(H2,20,21,23). The largest absolute Gasteiger partial charge is 0.354 e. The first kappa shape index (κ1) is 19.2. The number of rotatable bonds is 5. The van der Waals surface area contributed by atoms with Crippen LogP contribution in [0.3, 0.4) is 0 Å². The van der Waals surface area contributed by atoms with Gasteiger partial charge in [0, 0.05) is 24.1 Å². The summed E-state index contributed by atoms with van der Waals surface area (Å²) in [5.41, 5.74) is 2.11. The van der Waals surface area contributed by atoms with Crippen molar-refractivity contribution in [1.82, 2.24) is 15.0 Å². The van der Waals surface area contributed by atoms with Crippen molar-refractivity contribution in [2.45, 2.75) is 31.7 Å². The van der Waals surface area contributed by atoms with Crippen LogP contribution in [0.5, 0.6) is 0 Å². The van der Waals surface area contributed by atoms with E-state index in [-0.39, 0.29) is 16.9 Å². The number of aliphatic imine (C=N–C) groups is 1. The Morgan fingerprint density at radius 3 is 2.62 bits per heavy atom. The number of nitrogens with one attached hydrogen (secondary N) is 3. The molecule has 2 aromatic rings. The van der Waals surface area contributed by atoms with Crippen molar-refractivity contribution >= 4 is 27.4 Å². The number of guanidine groups is 1. The number of hydrogen-bond acceptors (Lipinski definition) is 6. The van der Waals surface area contributed by atoms with Crippen molar-refractivity contribution in [3.8, 4) is 6.19 Å². The molecule has 0 aliphatic heterocycles. The maximum atomic E-state index is 12.8. The summed E-state index contributed by atoms with van der Waals surface area (Å²) in [6, 6.07) is 8.88. The van der Waals surface area contributed by atoms with E-state index in [9.17, 15) is 8.42 Å². The molecule has 0 radical (unpaired) electrons. The molecule has 0 saturated heterocycles. The van der Waals surface area contributed by atoms with Crippen molar-refractivity contribution in [2.24, 2.45) is 4.99 Å². The highest BCUT2D eigenvalue weighted by atomic mass is 32.2. The number of anilines is 2. The van der Waals surface area contributed by atoms with E-state index in [0.29, 0.717) is 5.69 Å². The zero-order chi connectivity index (χ0) is 19.2. The highest BCUT2D eigenvalue weighted by Crippen LogP contribution is 2.25. The molecule has 0 fully saturated rings. The number of nitriles is 1. The van der Waals surface area contributed by atoms with Crippen LogP contribution in [-0.4, -0.2) is 25.4 Å². The molecule has 26 heavy (non-hydrogen) atoms. The molecule has 0 bridgehead atoms. The molecule has 0 spiro atoms. The quantitative estimate of drug-likeness (QED) is 0.320. The van der Waals surface area contributed by atoms with Gasteiger partial charge in [-0.25, -0.2) is 18.1 Å². The van der Waals surface area contributed by atoms with Crippen LogP contribution in [0, 0.1) is 18.4 Å². The second-order valence-corrected chi connectivity index (χ2v) is 7.38. The highest BCUT2D eigenvalue weighted by Gasteiger charge is 2.21. The average molecular weight is 372 g/mol. The first-order valence-corrected chi connectivity index (χ1v) is 9.34. The number of benzene rings is 1. The molecule has 0 unspecified atom stereocenters. The molecule has 0 aliphatic rings. The number of aromatic nitrogens is 1. The van der Waals surface area contributed by atoms with E-state index >= 15 is 0 Å². The molecule has 1 aromatic heterocycles. The molecular formula is C17H20N6O2S. The second-order valence-electron chi connectivity index (χ2n) is 5.73. The Morgan fingerprint density at radius 2 is 1.96 bits per heavy atom. The van der Waals surface area contributed by atoms with Gasteiger partial charge in [-0.2, -0.15) is 5.26 Å². The van der Waals surface area contributed by atoms with Gasteiger partial charge in [0.25, 0.3) is 10.0 Å². The van der Waals surface area contributed by atoms with E-state index in [2.05, 4.69) is 25.3 Å². The molecule has 9 heteroatoms. The number of pyridine rings is 1. The molecule has 1 aromatic carbocycles. The normalized spacial score (nSPS) is 11.7. The second kappa shape index (κ2) is 8.31. The summed E-state index contributed by atoms with van der Waals surface area (Å²) < 4.78 is 27.8. The smallest absolute Gasteiger partial charge is 0.267 e. The minimum atomic E-state index is -4.01. The van der Waals surface area contributed by atoms with E-state index in [4.69, 9.17) is 5.26 Å². The molecule has 2 rings (SSSR count). The first-order valence-electron chi connectivity index (χ1n) is 7.86. The van der Waals surface area contributed by atoms with Gasteiger partial charge in [0.05, 0.1) is 5.69 Å². The van der Waals surface area contributed by atoms with E-state index in [1.165, 1.54) is 12.4 Å². The Balaban J connectivity index is 2.39. The third kappa shape index (κ3) is 4.94. The van der Waals surface area contributed by atoms with Gasteiger partial charge in [-0.1, -0.05) is 18.2 Å². The zero-order valence-electron chi connectivity index (χ0n) is 14.7.